The molecule has 0 bridgehead atoms. The van der Waals surface area contributed by atoms with Gasteiger partial charge in [-0.3, -0.25) is 14.4 Å². The molecule has 1 fully saturated rings. The van der Waals surface area contributed by atoms with Gasteiger partial charge in [0.05, 0.1) is 18.3 Å². The van der Waals surface area contributed by atoms with Crippen molar-refractivity contribution in [3.63, 3.8) is 0 Å². The summed E-state index contributed by atoms with van der Waals surface area (Å²) in [6.07, 6.45) is 5.00. The van der Waals surface area contributed by atoms with E-state index in [0.717, 1.165) is 30.9 Å². The van der Waals surface area contributed by atoms with Crippen LogP contribution in [-0.4, -0.2) is 54.2 Å². The Balaban J connectivity index is 1.17. The molecule has 10 nitrogen and oxygen atoms in total. The number of piperidine rings is 1. The molecule has 3 heterocycles. The van der Waals surface area contributed by atoms with Gasteiger partial charge in [0, 0.05) is 36.8 Å². The van der Waals surface area contributed by atoms with Crippen LogP contribution in [0.2, 0.25) is 0 Å². The smallest absolute Gasteiger partial charge is 0.305 e. The first-order valence-electron chi connectivity index (χ1n) is 13.0. The molecule has 38 heavy (non-hydrogen) atoms. The van der Waals surface area contributed by atoms with Gasteiger partial charge in [0.25, 0.3) is 5.91 Å². The highest BCUT2D eigenvalue weighted by Gasteiger charge is 2.30. The van der Waals surface area contributed by atoms with Crippen molar-refractivity contribution in [1.29, 1.82) is 0 Å². The summed E-state index contributed by atoms with van der Waals surface area (Å²) in [7, 11) is 0. The predicted molar refractivity (Wildman–Crippen MR) is 140 cm³/mol. The monoisotopic (exact) mass is 520 g/mol. The van der Waals surface area contributed by atoms with Crippen LogP contribution >= 0.6 is 0 Å². The van der Waals surface area contributed by atoms with Gasteiger partial charge in [0.2, 0.25) is 12.7 Å². The first kappa shape index (κ1) is 25.4. The Kier molecular flexibility index (Phi) is 7.67. The molecule has 0 radical (unpaired) electrons. The van der Waals surface area contributed by atoms with Crippen molar-refractivity contribution in [2.24, 2.45) is 5.92 Å². The molecule has 5 rings (SSSR count). The molecule has 2 aromatic rings. The number of carbonyl (C=O) groups excluding carboxylic acids is 2. The number of hydrogen-bond donors (Lipinski definition) is 4. The summed E-state index contributed by atoms with van der Waals surface area (Å²) >= 11 is 0. The first-order chi connectivity index (χ1) is 18.5. The molecule has 200 valence electrons. The van der Waals surface area contributed by atoms with Gasteiger partial charge < -0.3 is 35.4 Å². The van der Waals surface area contributed by atoms with Crippen molar-refractivity contribution in [3.05, 3.63) is 65.5 Å². The Bertz CT molecular complexity index is 1240. The lowest BCUT2D eigenvalue weighted by Crippen LogP contribution is -2.44. The predicted octanol–water partition coefficient (Wildman–Crippen LogP) is 3.24. The van der Waals surface area contributed by atoms with E-state index in [4.69, 9.17) is 9.47 Å². The van der Waals surface area contributed by atoms with Gasteiger partial charge in [-0.2, -0.15) is 0 Å². The van der Waals surface area contributed by atoms with E-state index in [1.165, 1.54) is 0 Å². The summed E-state index contributed by atoms with van der Waals surface area (Å²) in [5.74, 6) is 0.486. The van der Waals surface area contributed by atoms with E-state index in [2.05, 4.69) is 22.0 Å². The molecule has 10 heteroatoms. The molecular weight excluding hydrogens is 488 g/mol. The van der Waals surface area contributed by atoms with Crippen LogP contribution in [0.1, 0.15) is 54.1 Å². The quantitative estimate of drug-likeness (QED) is 0.418. The second-order valence-electron chi connectivity index (χ2n) is 9.73. The van der Waals surface area contributed by atoms with Crippen molar-refractivity contribution in [3.8, 4) is 11.5 Å². The van der Waals surface area contributed by atoms with E-state index in [9.17, 15) is 19.5 Å². The third-order valence-corrected chi connectivity index (χ3v) is 7.08. The Labute approximate surface area is 221 Å². The van der Waals surface area contributed by atoms with Gasteiger partial charge in [0.15, 0.2) is 11.5 Å². The van der Waals surface area contributed by atoms with Gasteiger partial charge in [-0.25, -0.2) is 0 Å². The van der Waals surface area contributed by atoms with Crippen molar-refractivity contribution in [1.82, 2.24) is 15.5 Å². The van der Waals surface area contributed by atoms with Crippen molar-refractivity contribution >= 4 is 23.5 Å². The number of aliphatic carboxylic acids is 1. The number of likely N-dealkylation sites (tertiary alicyclic amines) is 1. The molecule has 4 N–H and O–H groups in total. The van der Waals surface area contributed by atoms with Crippen LogP contribution in [0.3, 0.4) is 0 Å². The van der Waals surface area contributed by atoms with Crippen LogP contribution < -0.4 is 25.4 Å². The van der Waals surface area contributed by atoms with Crippen molar-refractivity contribution in [2.75, 3.05) is 31.7 Å². The zero-order chi connectivity index (χ0) is 26.5. The van der Waals surface area contributed by atoms with Gasteiger partial charge in [-0.05, 0) is 67.7 Å². The number of fused-ring (bicyclic) bond motifs is 1. The number of carboxylic acid groups (broad SMARTS) is 1. The Morgan fingerprint density at radius 2 is 1.89 bits per heavy atom. The minimum atomic E-state index is -1.01. The zero-order valence-corrected chi connectivity index (χ0v) is 21.1. The number of amides is 2. The number of hydrogen-bond acceptors (Lipinski definition) is 7. The molecule has 1 unspecified atom stereocenters. The topological polar surface area (TPSA) is 129 Å². The molecule has 2 aromatic carbocycles. The number of nitrogens with one attached hydrogen (secondary N) is 3. The summed E-state index contributed by atoms with van der Waals surface area (Å²) in [6.45, 7) is 1.94. The third kappa shape index (κ3) is 6.01. The lowest BCUT2D eigenvalue weighted by atomic mass is 9.94. The summed E-state index contributed by atoms with van der Waals surface area (Å²) in [4.78, 5) is 39.5. The minimum Gasteiger partial charge on any atom is -0.481 e. The summed E-state index contributed by atoms with van der Waals surface area (Å²) in [5, 5.41) is 19.0. The molecule has 3 aliphatic heterocycles. The maximum Gasteiger partial charge on any atom is 0.305 e. The van der Waals surface area contributed by atoms with Crippen LogP contribution in [0.15, 0.2) is 54.4 Å². The Morgan fingerprint density at radius 1 is 1.08 bits per heavy atom. The number of anilines is 1. The van der Waals surface area contributed by atoms with Crippen molar-refractivity contribution < 1.29 is 29.0 Å². The standard InChI is InChI=1S/C28H32N4O6/c33-26(34)16-22(19-7-8-23-24(15-19)38-17-37-23)31-27(35)18-9-12-32(13-10-18)28(36)20-4-3-5-21(14-20)30-25-6-1-2-11-29-25/h3-8,14-15,18,22,29-30H,1-2,9-13,16-17H2,(H,31,35)(H,33,34). The van der Waals surface area contributed by atoms with Gasteiger partial charge in [0.1, 0.15) is 0 Å². The highest BCUT2D eigenvalue weighted by Crippen LogP contribution is 2.35. The van der Waals surface area contributed by atoms with Crippen LogP contribution in [-0.2, 0) is 9.59 Å². The van der Waals surface area contributed by atoms with E-state index >= 15 is 0 Å². The van der Waals surface area contributed by atoms with E-state index in [-0.39, 0.29) is 30.9 Å². The summed E-state index contributed by atoms with van der Waals surface area (Å²) in [5.41, 5.74) is 2.09. The van der Waals surface area contributed by atoms with Gasteiger partial charge in [-0.15, -0.1) is 0 Å². The molecule has 0 saturated carbocycles. The highest BCUT2D eigenvalue weighted by molar-refractivity contribution is 5.95. The molecule has 2 amide bonds. The SMILES string of the molecule is O=C(O)CC(NC(=O)C1CCN(C(=O)c2cccc(NC3=CCCCN3)c2)CC1)c1ccc2c(c1)OCO2. The fourth-order valence-corrected chi connectivity index (χ4v) is 5.00. The second kappa shape index (κ2) is 11.5. The molecule has 1 atom stereocenters. The normalized spacial score (nSPS) is 17.7. The second-order valence-corrected chi connectivity index (χ2v) is 9.73. The van der Waals surface area contributed by atoms with Gasteiger partial charge >= 0.3 is 5.97 Å². The lowest BCUT2D eigenvalue weighted by molar-refractivity contribution is -0.138. The molecule has 0 spiro atoms. The van der Waals surface area contributed by atoms with E-state index in [1.54, 1.807) is 29.2 Å². The number of carbonyl (C=O) groups is 3. The average Bonchev–Trinajstić information content (AvgIpc) is 3.41. The minimum absolute atomic E-state index is 0.0674. The maximum atomic E-state index is 13.2. The first-order valence-corrected chi connectivity index (χ1v) is 13.0. The fraction of sp³-hybridized carbons (Fsp3) is 0.393. The number of rotatable bonds is 8. The average molecular weight is 521 g/mol. The molecule has 3 aliphatic rings. The van der Waals surface area contributed by atoms with Crippen LogP contribution in [0.25, 0.3) is 0 Å². The fourth-order valence-electron chi connectivity index (χ4n) is 5.00. The molecular formula is C28H32N4O6. The summed E-state index contributed by atoms with van der Waals surface area (Å²) < 4.78 is 10.7. The number of ether oxygens (including phenoxy) is 2. The zero-order valence-electron chi connectivity index (χ0n) is 21.1. The number of carboxylic acids is 1. The third-order valence-electron chi connectivity index (χ3n) is 7.08. The number of benzene rings is 2. The van der Waals surface area contributed by atoms with E-state index in [0.29, 0.717) is 48.6 Å². The molecule has 1 saturated heterocycles. The maximum absolute atomic E-state index is 13.2. The van der Waals surface area contributed by atoms with E-state index < -0.39 is 12.0 Å². The lowest BCUT2D eigenvalue weighted by Gasteiger charge is -2.32. The van der Waals surface area contributed by atoms with Crippen LogP contribution in [0, 0.1) is 5.92 Å². The van der Waals surface area contributed by atoms with Crippen LogP contribution in [0.4, 0.5) is 5.69 Å². The number of allylic oxidation sites excluding steroid dienone is 1. The Hall–Kier alpha value is -4.21. The Morgan fingerprint density at radius 3 is 2.66 bits per heavy atom. The van der Waals surface area contributed by atoms with Gasteiger partial charge in [-0.1, -0.05) is 12.1 Å². The van der Waals surface area contributed by atoms with E-state index in [1.807, 2.05) is 18.2 Å². The van der Waals surface area contributed by atoms with Crippen molar-refractivity contribution in [2.45, 2.75) is 38.1 Å². The molecule has 0 aliphatic carbocycles. The number of nitrogens with zero attached hydrogens (tertiary/aromatic N) is 1. The highest BCUT2D eigenvalue weighted by atomic mass is 16.7. The summed E-state index contributed by atoms with van der Waals surface area (Å²) in [6, 6.07) is 11.9. The van der Waals surface area contributed by atoms with Crippen LogP contribution in [0.5, 0.6) is 11.5 Å². The molecule has 0 aromatic heterocycles. The largest absolute Gasteiger partial charge is 0.481 e.